The van der Waals surface area contributed by atoms with Gasteiger partial charge in [0.2, 0.25) is 10.0 Å². The Labute approximate surface area is 129 Å². The molecule has 2 atom stereocenters. The molecule has 1 saturated heterocycles. The van der Waals surface area contributed by atoms with Crippen molar-refractivity contribution in [1.82, 2.24) is 14.4 Å². The molecule has 0 aromatic carbocycles. The molecule has 1 aliphatic heterocycles. The van der Waals surface area contributed by atoms with E-state index >= 15 is 0 Å². The normalized spacial score (nSPS) is 28.1. The van der Waals surface area contributed by atoms with E-state index < -0.39 is 20.9 Å². The number of sulfonamides is 1. The fourth-order valence-corrected chi connectivity index (χ4v) is 4.21. The van der Waals surface area contributed by atoms with Gasteiger partial charge in [-0.25, -0.2) is 8.42 Å². The maximum atomic E-state index is 12.4. The van der Waals surface area contributed by atoms with E-state index in [-0.39, 0.29) is 32.0 Å². The highest BCUT2D eigenvalue weighted by atomic mass is 32.2. The zero-order valence-electron chi connectivity index (χ0n) is 12.7. The summed E-state index contributed by atoms with van der Waals surface area (Å²) in [5, 5.41) is 13.9. The SMILES string of the molecule is COC[C@H](C)S(=O)(=O)N1CC[C@@](O)(c2nc(C3CC3)no2)C1. The topological polar surface area (TPSA) is 106 Å². The Balaban J connectivity index is 1.74. The van der Waals surface area contributed by atoms with Gasteiger partial charge in [-0.3, -0.25) is 0 Å². The van der Waals surface area contributed by atoms with Crippen molar-refractivity contribution in [1.29, 1.82) is 0 Å². The second-order valence-electron chi connectivity index (χ2n) is 6.16. The summed E-state index contributed by atoms with van der Waals surface area (Å²) >= 11 is 0. The summed E-state index contributed by atoms with van der Waals surface area (Å²) in [4.78, 5) is 4.25. The molecule has 3 rings (SSSR count). The first-order valence-electron chi connectivity index (χ1n) is 7.41. The van der Waals surface area contributed by atoms with E-state index in [4.69, 9.17) is 9.26 Å². The quantitative estimate of drug-likeness (QED) is 0.794. The van der Waals surface area contributed by atoms with Crippen molar-refractivity contribution >= 4 is 10.0 Å². The summed E-state index contributed by atoms with van der Waals surface area (Å²) in [7, 11) is -2.06. The molecule has 8 nitrogen and oxygen atoms in total. The Hall–Kier alpha value is -1.03. The fourth-order valence-electron chi connectivity index (χ4n) is 2.66. The Morgan fingerprint density at radius 2 is 2.27 bits per heavy atom. The van der Waals surface area contributed by atoms with Crippen LogP contribution in [0, 0.1) is 0 Å². The van der Waals surface area contributed by atoms with Gasteiger partial charge in [-0.15, -0.1) is 0 Å². The summed E-state index contributed by atoms with van der Waals surface area (Å²) in [5.41, 5.74) is -1.40. The molecule has 1 aromatic rings. The van der Waals surface area contributed by atoms with Gasteiger partial charge in [0.05, 0.1) is 18.4 Å². The third-order valence-electron chi connectivity index (χ3n) is 4.26. The summed E-state index contributed by atoms with van der Waals surface area (Å²) in [6.07, 6.45) is 2.32. The van der Waals surface area contributed by atoms with Crippen molar-refractivity contribution in [2.45, 2.75) is 43.0 Å². The van der Waals surface area contributed by atoms with Crippen LogP contribution >= 0.6 is 0 Å². The van der Waals surface area contributed by atoms with Gasteiger partial charge >= 0.3 is 0 Å². The molecule has 2 fully saturated rings. The van der Waals surface area contributed by atoms with Crippen LogP contribution in [0.3, 0.4) is 0 Å². The summed E-state index contributed by atoms with van der Waals surface area (Å²) in [5.74, 6) is 1.05. The van der Waals surface area contributed by atoms with Gasteiger partial charge in [0.1, 0.15) is 0 Å². The molecule has 1 N–H and O–H groups in total. The number of nitrogens with zero attached hydrogens (tertiary/aromatic N) is 3. The zero-order valence-corrected chi connectivity index (χ0v) is 13.5. The minimum Gasteiger partial charge on any atom is -0.383 e. The van der Waals surface area contributed by atoms with Gasteiger partial charge in [-0.1, -0.05) is 5.16 Å². The van der Waals surface area contributed by atoms with Crippen LogP contribution in [0.2, 0.25) is 0 Å². The van der Waals surface area contributed by atoms with E-state index in [2.05, 4.69) is 10.1 Å². The van der Waals surface area contributed by atoms with Crippen molar-refractivity contribution in [2.75, 3.05) is 26.8 Å². The molecular weight excluding hydrogens is 310 g/mol. The predicted octanol–water partition coefficient (Wildman–Crippen LogP) is 0.205. The molecule has 1 aliphatic carbocycles. The predicted molar refractivity (Wildman–Crippen MR) is 76.6 cm³/mol. The fraction of sp³-hybridized carbons (Fsp3) is 0.846. The Kier molecular flexibility index (Phi) is 4.00. The maximum absolute atomic E-state index is 12.4. The van der Waals surface area contributed by atoms with Crippen molar-refractivity contribution in [3.8, 4) is 0 Å². The Morgan fingerprint density at radius 3 is 2.91 bits per heavy atom. The van der Waals surface area contributed by atoms with Crippen LogP contribution in [-0.2, 0) is 20.4 Å². The smallest absolute Gasteiger partial charge is 0.260 e. The standard InChI is InChI=1S/C13H21N3O5S/c1-9(7-20-2)22(18,19)16-6-5-13(17,8-16)12-14-11(15-21-12)10-3-4-10/h9-10,17H,3-8H2,1-2H3/t9-,13-/m0/s1. The lowest BCUT2D eigenvalue weighted by molar-refractivity contribution is 0.0193. The summed E-state index contributed by atoms with van der Waals surface area (Å²) < 4.78 is 36.2. The number of β-amino-alcohol motifs (C(OH)–C–C–N with tert-alkyl or cyclic N) is 1. The van der Waals surface area contributed by atoms with Gasteiger partial charge in [0.15, 0.2) is 11.4 Å². The molecular formula is C13H21N3O5S. The Morgan fingerprint density at radius 1 is 1.55 bits per heavy atom. The molecule has 0 radical (unpaired) electrons. The minimum atomic E-state index is -3.52. The molecule has 0 amide bonds. The van der Waals surface area contributed by atoms with Crippen LogP contribution in [0.4, 0.5) is 0 Å². The van der Waals surface area contributed by atoms with Gasteiger partial charge in [0.25, 0.3) is 5.89 Å². The lowest BCUT2D eigenvalue weighted by Gasteiger charge is -2.22. The number of methoxy groups -OCH3 is 1. The van der Waals surface area contributed by atoms with Gasteiger partial charge < -0.3 is 14.4 Å². The van der Waals surface area contributed by atoms with Crippen LogP contribution in [0.5, 0.6) is 0 Å². The van der Waals surface area contributed by atoms with Gasteiger partial charge in [0, 0.05) is 26.0 Å². The van der Waals surface area contributed by atoms with Crippen molar-refractivity contribution in [3.05, 3.63) is 11.7 Å². The minimum absolute atomic E-state index is 0.0598. The van der Waals surface area contributed by atoms with E-state index in [0.717, 1.165) is 12.8 Å². The van der Waals surface area contributed by atoms with Crippen molar-refractivity contribution < 1.29 is 22.8 Å². The molecule has 9 heteroatoms. The second kappa shape index (κ2) is 5.55. The average molecular weight is 331 g/mol. The van der Waals surface area contributed by atoms with E-state index in [1.165, 1.54) is 11.4 Å². The Bertz CT molecular complexity index is 642. The van der Waals surface area contributed by atoms with Gasteiger partial charge in [-0.05, 0) is 19.8 Å². The molecule has 0 bridgehead atoms. The number of hydrogen-bond acceptors (Lipinski definition) is 7. The van der Waals surface area contributed by atoms with Crippen LogP contribution < -0.4 is 0 Å². The number of aliphatic hydroxyl groups is 1. The van der Waals surface area contributed by atoms with Crippen LogP contribution in [-0.4, -0.2) is 60.0 Å². The molecule has 0 unspecified atom stereocenters. The first kappa shape index (κ1) is 15.9. The molecule has 124 valence electrons. The van der Waals surface area contributed by atoms with Crippen LogP contribution in [0.1, 0.15) is 43.8 Å². The van der Waals surface area contributed by atoms with Crippen molar-refractivity contribution in [2.24, 2.45) is 0 Å². The third kappa shape index (κ3) is 2.78. The zero-order chi connectivity index (χ0) is 16.0. The highest BCUT2D eigenvalue weighted by Gasteiger charge is 2.48. The number of ether oxygens (including phenoxy) is 1. The second-order valence-corrected chi connectivity index (χ2v) is 8.51. The van der Waals surface area contributed by atoms with Crippen molar-refractivity contribution in [3.63, 3.8) is 0 Å². The molecule has 1 saturated carbocycles. The van der Waals surface area contributed by atoms with E-state index in [1.807, 2.05) is 0 Å². The summed E-state index contributed by atoms with van der Waals surface area (Å²) in [6.45, 7) is 1.88. The third-order valence-corrected chi connectivity index (χ3v) is 6.45. The lowest BCUT2D eigenvalue weighted by Crippen LogP contribution is -2.40. The van der Waals surface area contributed by atoms with Crippen LogP contribution in [0.15, 0.2) is 4.52 Å². The summed E-state index contributed by atoms with van der Waals surface area (Å²) in [6, 6.07) is 0. The average Bonchev–Trinajstić information content (AvgIpc) is 3.04. The monoisotopic (exact) mass is 331 g/mol. The highest BCUT2D eigenvalue weighted by Crippen LogP contribution is 2.40. The van der Waals surface area contributed by atoms with Crippen LogP contribution in [0.25, 0.3) is 0 Å². The number of rotatable bonds is 6. The first-order valence-corrected chi connectivity index (χ1v) is 8.91. The molecule has 1 aromatic heterocycles. The first-order chi connectivity index (χ1) is 10.4. The largest absolute Gasteiger partial charge is 0.383 e. The molecule has 0 spiro atoms. The number of aromatic nitrogens is 2. The molecule has 2 heterocycles. The molecule has 22 heavy (non-hydrogen) atoms. The highest BCUT2D eigenvalue weighted by molar-refractivity contribution is 7.89. The maximum Gasteiger partial charge on any atom is 0.260 e. The lowest BCUT2D eigenvalue weighted by atomic mass is 10.0. The van der Waals surface area contributed by atoms with E-state index in [9.17, 15) is 13.5 Å². The molecule has 2 aliphatic rings. The van der Waals surface area contributed by atoms with Gasteiger partial charge in [-0.2, -0.15) is 9.29 Å². The van der Waals surface area contributed by atoms with E-state index in [1.54, 1.807) is 6.92 Å². The number of hydrogen-bond donors (Lipinski definition) is 1. The van der Waals surface area contributed by atoms with E-state index in [0.29, 0.717) is 11.7 Å².